The Morgan fingerprint density at radius 1 is 1.29 bits per heavy atom. The minimum absolute atomic E-state index is 0.0245. The second-order valence-electron chi connectivity index (χ2n) is 6.10. The van der Waals surface area contributed by atoms with Crippen LogP contribution in [0.25, 0.3) is 0 Å². The van der Waals surface area contributed by atoms with E-state index in [1.54, 1.807) is 7.11 Å². The molecule has 1 aliphatic carbocycles. The minimum atomic E-state index is -3.14. The van der Waals surface area contributed by atoms with Crippen LogP contribution in [0.1, 0.15) is 44.2 Å². The third-order valence-electron chi connectivity index (χ3n) is 4.35. The Labute approximate surface area is 127 Å². The summed E-state index contributed by atoms with van der Waals surface area (Å²) in [6.45, 7) is 2.13. The maximum atomic E-state index is 12.5. The van der Waals surface area contributed by atoms with Crippen molar-refractivity contribution < 1.29 is 13.2 Å². The molecule has 4 nitrogen and oxygen atoms in total. The lowest BCUT2D eigenvalue weighted by atomic mass is 9.91. The first-order chi connectivity index (χ1) is 9.92. The monoisotopic (exact) mass is 311 g/mol. The van der Waals surface area contributed by atoms with Crippen LogP contribution in [-0.2, 0) is 9.84 Å². The van der Waals surface area contributed by atoms with Crippen molar-refractivity contribution in [2.24, 2.45) is 11.7 Å². The van der Waals surface area contributed by atoms with Gasteiger partial charge in [0.15, 0.2) is 9.84 Å². The quantitative estimate of drug-likeness (QED) is 0.907. The molecule has 118 valence electrons. The highest BCUT2D eigenvalue weighted by atomic mass is 32.2. The van der Waals surface area contributed by atoms with Crippen LogP contribution in [0.5, 0.6) is 5.75 Å². The molecular formula is C16H25NO3S. The van der Waals surface area contributed by atoms with E-state index in [9.17, 15) is 8.42 Å². The summed E-state index contributed by atoms with van der Waals surface area (Å²) < 4.78 is 30.2. The number of rotatable bonds is 5. The fourth-order valence-electron chi connectivity index (χ4n) is 3.04. The number of nitrogens with two attached hydrogens (primary N) is 1. The zero-order chi connectivity index (χ0) is 15.5. The zero-order valence-corrected chi connectivity index (χ0v) is 13.6. The largest absolute Gasteiger partial charge is 0.497 e. The molecule has 1 aromatic carbocycles. The number of sulfone groups is 1. The number of benzene rings is 1. The van der Waals surface area contributed by atoms with Gasteiger partial charge in [-0.2, -0.15) is 0 Å². The molecule has 1 fully saturated rings. The molecule has 1 aromatic rings. The first kappa shape index (κ1) is 16.3. The van der Waals surface area contributed by atoms with Gasteiger partial charge >= 0.3 is 0 Å². The van der Waals surface area contributed by atoms with E-state index in [2.05, 4.69) is 6.92 Å². The molecule has 0 saturated heterocycles. The van der Waals surface area contributed by atoms with Crippen LogP contribution in [0, 0.1) is 5.92 Å². The van der Waals surface area contributed by atoms with E-state index in [4.69, 9.17) is 10.5 Å². The van der Waals surface area contributed by atoms with Gasteiger partial charge in [-0.3, -0.25) is 0 Å². The molecule has 21 heavy (non-hydrogen) atoms. The Morgan fingerprint density at radius 3 is 2.52 bits per heavy atom. The topological polar surface area (TPSA) is 69.4 Å². The lowest BCUT2D eigenvalue weighted by Crippen LogP contribution is -2.33. The molecule has 0 aliphatic heterocycles. The highest BCUT2D eigenvalue weighted by molar-refractivity contribution is 7.92. The SMILES string of the molecule is COc1ccc(C(N)CS(=O)(=O)C2CCCC(C)C2)cc1. The second-order valence-corrected chi connectivity index (χ2v) is 8.43. The van der Waals surface area contributed by atoms with Crippen LogP contribution < -0.4 is 10.5 Å². The molecule has 0 bridgehead atoms. The van der Waals surface area contributed by atoms with E-state index < -0.39 is 15.9 Å². The van der Waals surface area contributed by atoms with Crippen molar-refractivity contribution in [3.05, 3.63) is 29.8 Å². The Balaban J connectivity index is 2.04. The van der Waals surface area contributed by atoms with E-state index in [-0.39, 0.29) is 11.0 Å². The van der Waals surface area contributed by atoms with E-state index >= 15 is 0 Å². The fraction of sp³-hybridized carbons (Fsp3) is 0.625. The maximum Gasteiger partial charge on any atom is 0.155 e. The molecule has 3 atom stereocenters. The van der Waals surface area contributed by atoms with Gasteiger partial charge in [0.2, 0.25) is 0 Å². The molecule has 5 heteroatoms. The normalized spacial score (nSPS) is 24.5. The van der Waals surface area contributed by atoms with Crippen molar-refractivity contribution >= 4 is 9.84 Å². The van der Waals surface area contributed by atoms with Crippen molar-refractivity contribution in [1.29, 1.82) is 0 Å². The van der Waals surface area contributed by atoms with Gasteiger partial charge in [0, 0.05) is 6.04 Å². The highest BCUT2D eigenvalue weighted by Gasteiger charge is 2.31. The predicted molar refractivity (Wildman–Crippen MR) is 85.1 cm³/mol. The predicted octanol–water partition coefficient (Wildman–Crippen LogP) is 2.69. The van der Waals surface area contributed by atoms with Crippen LogP contribution in [0.2, 0.25) is 0 Å². The number of hydrogen-bond donors (Lipinski definition) is 1. The molecule has 0 radical (unpaired) electrons. The van der Waals surface area contributed by atoms with E-state index in [0.717, 1.165) is 37.0 Å². The minimum Gasteiger partial charge on any atom is -0.497 e. The summed E-state index contributed by atoms with van der Waals surface area (Å²) in [6, 6.07) is 6.82. The lowest BCUT2D eigenvalue weighted by Gasteiger charge is -2.27. The molecule has 0 heterocycles. The van der Waals surface area contributed by atoms with Gasteiger partial charge in [-0.05, 0) is 36.5 Å². The van der Waals surface area contributed by atoms with Gasteiger partial charge in [0.25, 0.3) is 0 Å². The Kier molecular flexibility index (Phi) is 5.27. The van der Waals surface area contributed by atoms with Crippen LogP contribution in [0.4, 0.5) is 0 Å². The summed E-state index contributed by atoms with van der Waals surface area (Å²) >= 11 is 0. The maximum absolute atomic E-state index is 12.5. The summed E-state index contributed by atoms with van der Waals surface area (Å²) in [5, 5.41) is -0.217. The van der Waals surface area contributed by atoms with Crippen molar-refractivity contribution in [3.63, 3.8) is 0 Å². The van der Waals surface area contributed by atoms with Gasteiger partial charge in [-0.1, -0.05) is 31.9 Å². The molecule has 3 unspecified atom stereocenters. The van der Waals surface area contributed by atoms with Gasteiger partial charge in [-0.15, -0.1) is 0 Å². The number of hydrogen-bond acceptors (Lipinski definition) is 4. The molecular weight excluding hydrogens is 286 g/mol. The summed E-state index contributed by atoms with van der Waals surface area (Å²) in [4.78, 5) is 0. The standard InChI is InChI=1S/C16H25NO3S/c1-12-4-3-5-15(10-12)21(18,19)11-16(17)13-6-8-14(20-2)9-7-13/h6-9,12,15-16H,3-5,10-11,17H2,1-2H3. The first-order valence-electron chi connectivity index (χ1n) is 7.53. The lowest BCUT2D eigenvalue weighted by molar-refractivity contribution is 0.381. The molecule has 0 aromatic heterocycles. The van der Waals surface area contributed by atoms with Gasteiger partial charge in [-0.25, -0.2) is 8.42 Å². The summed E-state index contributed by atoms with van der Waals surface area (Å²) in [5.41, 5.74) is 6.93. The summed E-state index contributed by atoms with van der Waals surface area (Å²) in [5.74, 6) is 1.27. The average Bonchev–Trinajstić information content (AvgIpc) is 2.47. The van der Waals surface area contributed by atoms with Crippen LogP contribution in [-0.4, -0.2) is 26.5 Å². The third-order valence-corrected chi connectivity index (χ3v) is 6.62. The molecule has 1 saturated carbocycles. The van der Waals surface area contributed by atoms with Crippen molar-refractivity contribution in [1.82, 2.24) is 0 Å². The third kappa shape index (κ3) is 4.20. The number of ether oxygens (including phenoxy) is 1. The molecule has 0 spiro atoms. The van der Waals surface area contributed by atoms with Gasteiger partial charge in [0.05, 0.1) is 18.1 Å². The molecule has 2 N–H and O–H groups in total. The van der Waals surface area contributed by atoms with Crippen LogP contribution in [0.3, 0.4) is 0 Å². The van der Waals surface area contributed by atoms with E-state index in [1.807, 2.05) is 24.3 Å². The summed E-state index contributed by atoms with van der Waals surface area (Å²) in [7, 11) is -1.53. The van der Waals surface area contributed by atoms with Gasteiger partial charge in [0.1, 0.15) is 5.75 Å². The Hall–Kier alpha value is -1.07. The van der Waals surface area contributed by atoms with Crippen LogP contribution >= 0.6 is 0 Å². The zero-order valence-electron chi connectivity index (χ0n) is 12.8. The number of methoxy groups -OCH3 is 1. The Bertz CT molecular complexity index is 553. The molecule has 1 aliphatic rings. The van der Waals surface area contributed by atoms with Crippen molar-refractivity contribution in [2.75, 3.05) is 12.9 Å². The van der Waals surface area contributed by atoms with E-state index in [1.165, 1.54) is 0 Å². The molecule has 0 amide bonds. The molecule has 2 rings (SSSR count). The summed E-state index contributed by atoms with van der Waals surface area (Å²) in [6.07, 6.45) is 3.69. The van der Waals surface area contributed by atoms with Crippen molar-refractivity contribution in [3.8, 4) is 5.75 Å². The fourth-order valence-corrected chi connectivity index (χ4v) is 5.15. The van der Waals surface area contributed by atoms with Crippen LogP contribution in [0.15, 0.2) is 24.3 Å². The Morgan fingerprint density at radius 2 is 1.95 bits per heavy atom. The average molecular weight is 311 g/mol. The first-order valence-corrected chi connectivity index (χ1v) is 9.25. The second kappa shape index (κ2) is 6.79. The van der Waals surface area contributed by atoms with Crippen molar-refractivity contribution in [2.45, 2.75) is 43.9 Å². The highest BCUT2D eigenvalue weighted by Crippen LogP contribution is 2.30. The van der Waals surface area contributed by atoms with Gasteiger partial charge < -0.3 is 10.5 Å². The van der Waals surface area contributed by atoms with E-state index in [0.29, 0.717) is 5.92 Å². The smallest absolute Gasteiger partial charge is 0.155 e.